The molecule has 2 N–H and O–H groups in total. The van der Waals surface area contributed by atoms with Gasteiger partial charge in [0.25, 0.3) is 5.56 Å². The minimum Gasteiger partial charge on any atom is -0.497 e. The second-order valence-corrected chi connectivity index (χ2v) is 4.59. The first-order valence-corrected chi connectivity index (χ1v) is 6.83. The van der Waals surface area contributed by atoms with Crippen LogP contribution in [0.4, 0.5) is 5.95 Å². The molecular formula is C16H14N4O3. The van der Waals surface area contributed by atoms with E-state index in [2.05, 4.69) is 20.5 Å². The van der Waals surface area contributed by atoms with Crippen molar-refractivity contribution in [3.05, 3.63) is 64.8 Å². The van der Waals surface area contributed by atoms with E-state index in [1.54, 1.807) is 37.6 Å². The minimum atomic E-state index is -0.276. The molecule has 3 aromatic rings. The lowest BCUT2D eigenvalue weighted by atomic mass is 10.1. The summed E-state index contributed by atoms with van der Waals surface area (Å²) in [5.41, 5.74) is 3.73. The lowest BCUT2D eigenvalue weighted by Gasteiger charge is -2.05. The number of hydrazone groups is 1. The number of aromatic amines is 1. The Balaban J connectivity index is 1.82. The second-order valence-electron chi connectivity index (χ2n) is 4.59. The van der Waals surface area contributed by atoms with Gasteiger partial charge in [0.1, 0.15) is 11.5 Å². The van der Waals surface area contributed by atoms with Gasteiger partial charge < -0.3 is 9.15 Å². The van der Waals surface area contributed by atoms with Gasteiger partial charge in [-0.3, -0.25) is 9.78 Å². The van der Waals surface area contributed by atoms with Gasteiger partial charge in [-0.05, 0) is 36.4 Å². The highest BCUT2D eigenvalue weighted by atomic mass is 16.5. The number of hydrogen-bond donors (Lipinski definition) is 2. The van der Waals surface area contributed by atoms with E-state index < -0.39 is 0 Å². The summed E-state index contributed by atoms with van der Waals surface area (Å²) in [6.07, 6.45) is 3.03. The number of rotatable bonds is 5. The Morgan fingerprint density at radius 2 is 2.13 bits per heavy atom. The highest BCUT2D eigenvalue weighted by Gasteiger charge is 2.04. The molecule has 0 aliphatic rings. The topological polar surface area (TPSA) is 92.5 Å². The number of benzene rings is 1. The molecular weight excluding hydrogens is 296 g/mol. The van der Waals surface area contributed by atoms with Crippen LogP contribution in [0.1, 0.15) is 5.76 Å². The zero-order valence-corrected chi connectivity index (χ0v) is 12.3. The van der Waals surface area contributed by atoms with Crippen LogP contribution >= 0.6 is 0 Å². The third-order valence-corrected chi connectivity index (χ3v) is 3.03. The summed E-state index contributed by atoms with van der Waals surface area (Å²) in [4.78, 5) is 18.7. The zero-order valence-electron chi connectivity index (χ0n) is 12.3. The van der Waals surface area contributed by atoms with Gasteiger partial charge in [-0.15, -0.1) is 0 Å². The number of furan rings is 1. The fourth-order valence-corrected chi connectivity index (χ4v) is 1.94. The molecule has 7 heteroatoms. The molecule has 0 bridgehead atoms. The molecule has 2 heterocycles. The highest BCUT2D eigenvalue weighted by molar-refractivity contribution is 5.76. The van der Waals surface area contributed by atoms with Gasteiger partial charge in [0.15, 0.2) is 0 Å². The Bertz CT molecular complexity index is 852. The van der Waals surface area contributed by atoms with Crippen molar-refractivity contribution in [1.29, 1.82) is 0 Å². The largest absolute Gasteiger partial charge is 0.497 e. The number of ether oxygens (including phenoxy) is 1. The van der Waals surface area contributed by atoms with Gasteiger partial charge in [-0.2, -0.15) is 5.10 Å². The van der Waals surface area contributed by atoms with E-state index in [1.807, 2.05) is 12.1 Å². The molecule has 0 fully saturated rings. The lowest BCUT2D eigenvalue weighted by Crippen LogP contribution is -2.10. The van der Waals surface area contributed by atoms with Crippen LogP contribution in [0.5, 0.6) is 5.75 Å². The van der Waals surface area contributed by atoms with E-state index in [0.29, 0.717) is 11.5 Å². The summed E-state index contributed by atoms with van der Waals surface area (Å²) in [7, 11) is 1.60. The molecule has 7 nitrogen and oxygen atoms in total. The van der Waals surface area contributed by atoms with Crippen LogP contribution in [-0.2, 0) is 0 Å². The van der Waals surface area contributed by atoms with Crippen LogP contribution in [0.25, 0.3) is 11.3 Å². The molecule has 0 aliphatic heterocycles. The summed E-state index contributed by atoms with van der Waals surface area (Å²) in [5, 5.41) is 3.97. The number of hydrogen-bond acceptors (Lipinski definition) is 6. The molecule has 0 atom stereocenters. The highest BCUT2D eigenvalue weighted by Crippen LogP contribution is 2.20. The first kappa shape index (κ1) is 14.6. The molecule has 0 amide bonds. The standard InChI is InChI=1S/C16H14N4O3/c1-22-12-6-4-11(5-7-12)14-9-15(21)19-16(18-14)20-17-10-13-3-2-8-23-13/h2-10H,1H3,(H2,18,19,20,21)/b17-10-. The van der Waals surface area contributed by atoms with Crippen LogP contribution in [0.2, 0.25) is 0 Å². The molecule has 0 aliphatic carbocycles. The zero-order chi connectivity index (χ0) is 16.1. The van der Waals surface area contributed by atoms with Gasteiger partial charge in [0.05, 0.1) is 25.3 Å². The number of nitrogens with one attached hydrogen (secondary N) is 2. The summed E-state index contributed by atoms with van der Waals surface area (Å²) in [6.45, 7) is 0. The predicted molar refractivity (Wildman–Crippen MR) is 86.8 cm³/mol. The van der Waals surface area contributed by atoms with Crippen molar-refractivity contribution in [1.82, 2.24) is 9.97 Å². The maximum Gasteiger partial charge on any atom is 0.252 e. The molecule has 2 aromatic heterocycles. The average molecular weight is 310 g/mol. The molecule has 0 radical (unpaired) electrons. The monoisotopic (exact) mass is 310 g/mol. The van der Waals surface area contributed by atoms with Gasteiger partial charge >= 0.3 is 0 Å². The summed E-state index contributed by atoms with van der Waals surface area (Å²) in [5.74, 6) is 1.57. The normalized spacial score (nSPS) is 10.8. The van der Waals surface area contributed by atoms with E-state index >= 15 is 0 Å². The second kappa shape index (κ2) is 6.61. The average Bonchev–Trinajstić information content (AvgIpc) is 3.08. The number of nitrogens with zero attached hydrogens (tertiary/aromatic N) is 2. The number of H-pyrrole nitrogens is 1. The molecule has 0 spiro atoms. The van der Waals surface area contributed by atoms with Crippen molar-refractivity contribution >= 4 is 12.2 Å². The maximum atomic E-state index is 11.8. The Labute approximate surface area is 131 Å². The Kier molecular flexibility index (Phi) is 4.19. The van der Waals surface area contributed by atoms with Crippen molar-refractivity contribution in [3.63, 3.8) is 0 Å². The first-order chi connectivity index (χ1) is 11.2. The van der Waals surface area contributed by atoms with Crippen LogP contribution in [0, 0.1) is 0 Å². The number of aromatic nitrogens is 2. The summed E-state index contributed by atoms with van der Waals surface area (Å²) in [6, 6.07) is 12.2. The van der Waals surface area contributed by atoms with E-state index in [4.69, 9.17) is 9.15 Å². The van der Waals surface area contributed by atoms with E-state index in [9.17, 15) is 4.79 Å². The summed E-state index contributed by atoms with van der Waals surface area (Å²) >= 11 is 0. The van der Waals surface area contributed by atoms with Crippen LogP contribution in [0.15, 0.2) is 63.0 Å². The lowest BCUT2D eigenvalue weighted by molar-refractivity contribution is 0.415. The van der Waals surface area contributed by atoms with E-state index in [0.717, 1.165) is 11.3 Å². The Hall–Kier alpha value is -3.35. The number of anilines is 1. The van der Waals surface area contributed by atoms with Gasteiger partial charge in [0.2, 0.25) is 5.95 Å². The molecule has 0 saturated heterocycles. The summed E-state index contributed by atoms with van der Waals surface area (Å²) < 4.78 is 10.2. The SMILES string of the molecule is COc1ccc(-c2cc(=O)[nH]c(N/N=C\c3ccco3)n2)cc1. The Morgan fingerprint density at radius 1 is 1.30 bits per heavy atom. The maximum absolute atomic E-state index is 11.8. The molecule has 0 unspecified atom stereocenters. The van der Waals surface area contributed by atoms with Crippen molar-refractivity contribution in [2.45, 2.75) is 0 Å². The van der Waals surface area contributed by atoms with E-state index in [-0.39, 0.29) is 11.5 Å². The van der Waals surface area contributed by atoms with Crippen molar-refractivity contribution in [2.24, 2.45) is 5.10 Å². The fourth-order valence-electron chi connectivity index (χ4n) is 1.94. The quantitative estimate of drug-likeness (QED) is 0.558. The molecule has 23 heavy (non-hydrogen) atoms. The van der Waals surface area contributed by atoms with Crippen molar-refractivity contribution < 1.29 is 9.15 Å². The van der Waals surface area contributed by atoms with E-state index in [1.165, 1.54) is 12.3 Å². The third kappa shape index (κ3) is 3.65. The third-order valence-electron chi connectivity index (χ3n) is 3.03. The smallest absolute Gasteiger partial charge is 0.252 e. The van der Waals surface area contributed by atoms with Crippen molar-refractivity contribution in [2.75, 3.05) is 12.5 Å². The first-order valence-electron chi connectivity index (χ1n) is 6.83. The van der Waals surface area contributed by atoms with Crippen molar-refractivity contribution in [3.8, 4) is 17.0 Å². The molecule has 1 aromatic carbocycles. The van der Waals surface area contributed by atoms with Crippen LogP contribution in [-0.4, -0.2) is 23.3 Å². The van der Waals surface area contributed by atoms with Crippen LogP contribution in [0.3, 0.4) is 0 Å². The molecule has 116 valence electrons. The van der Waals surface area contributed by atoms with Crippen LogP contribution < -0.4 is 15.7 Å². The fraction of sp³-hybridized carbons (Fsp3) is 0.0625. The van der Waals surface area contributed by atoms with Gasteiger partial charge in [-0.1, -0.05) is 0 Å². The minimum absolute atomic E-state index is 0.242. The predicted octanol–water partition coefficient (Wildman–Crippen LogP) is 2.48. The Morgan fingerprint density at radius 3 is 2.83 bits per heavy atom. The molecule has 0 saturated carbocycles. The van der Waals surface area contributed by atoms with Gasteiger partial charge in [-0.25, -0.2) is 10.4 Å². The van der Waals surface area contributed by atoms with Gasteiger partial charge in [0, 0.05) is 11.6 Å². The molecule has 3 rings (SSSR count). The number of methoxy groups -OCH3 is 1.